The van der Waals surface area contributed by atoms with Crippen LogP contribution in [0.25, 0.3) is 0 Å². The van der Waals surface area contributed by atoms with Gasteiger partial charge in [0.2, 0.25) is 10.0 Å². The van der Waals surface area contributed by atoms with Gasteiger partial charge in [-0.15, -0.1) is 21.5 Å². The van der Waals surface area contributed by atoms with Gasteiger partial charge in [-0.05, 0) is 37.1 Å². The van der Waals surface area contributed by atoms with Crippen molar-refractivity contribution in [2.45, 2.75) is 54.8 Å². The van der Waals surface area contributed by atoms with E-state index in [4.69, 9.17) is 4.74 Å². The largest absolute Gasteiger partial charge is 0.381 e. The molecule has 0 aliphatic carbocycles. The molecule has 0 bridgehead atoms. The molecular weight excluding hydrogens is 360 g/mol. The third-order valence-corrected chi connectivity index (χ3v) is 7.86. The van der Waals surface area contributed by atoms with Crippen LogP contribution in [0.15, 0.2) is 21.7 Å². The van der Waals surface area contributed by atoms with Gasteiger partial charge in [0.25, 0.3) is 0 Å². The molecule has 2 aromatic heterocycles. The molecule has 1 fully saturated rings. The number of hydrogen-bond acceptors (Lipinski definition) is 6. The van der Waals surface area contributed by atoms with Crippen molar-refractivity contribution in [2.24, 2.45) is 0 Å². The second-order valence-corrected chi connectivity index (χ2v) is 9.48. The highest BCUT2D eigenvalue weighted by atomic mass is 32.2. The van der Waals surface area contributed by atoms with Gasteiger partial charge in [-0.2, -0.15) is 0 Å². The molecule has 25 heavy (non-hydrogen) atoms. The van der Waals surface area contributed by atoms with Crippen LogP contribution in [0.4, 0.5) is 0 Å². The number of thiophene rings is 1. The third-order valence-electron chi connectivity index (χ3n) is 4.94. The van der Waals surface area contributed by atoms with Crippen LogP contribution in [0.3, 0.4) is 0 Å². The Kier molecular flexibility index (Phi) is 4.90. The van der Waals surface area contributed by atoms with Crippen molar-refractivity contribution in [3.05, 3.63) is 29.2 Å². The molecule has 0 amide bonds. The molecule has 7 nitrogen and oxygen atoms in total. The lowest BCUT2D eigenvalue weighted by Gasteiger charge is -2.22. The summed E-state index contributed by atoms with van der Waals surface area (Å²) in [6.07, 6.45) is 4.20. The molecule has 1 saturated heterocycles. The van der Waals surface area contributed by atoms with Crippen LogP contribution in [0, 0.1) is 0 Å². The predicted molar refractivity (Wildman–Crippen MR) is 94.2 cm³/mol. The molecule has 2 aliphatic heterocycles. The van der Waals surface area contributed by atoms with E-state index in [1.165, 1.54) is 11.3 Å². The van der Waals surface area contributed by atoms with Crippen molar-refractivity contribution in [1.82, 2.24) is 19.5 Å². The Labute approximate surface area is 151 Å². The highest BCUT2D eigenvalue weighted by Gasteiger charge is 2.28. The maximum absolute atomic E-state index is 12.4. The maximum atomic E-state index is 12.4. The summed E-state index contributed by atoms with van der Waals surface area (Å²) in [5.74, 6) is 2.41. The highest BCUT2D eigenvalue weighted by Crippen LogP contribution is 2.28. The minimum Gasteiger partial charge on any atom is -0.381 e. The van der Waals surface area contributed by atoms with Gasteiger partial charge in [-0.25, -0.2) is 13.1 Å². The summed E-state index contributed by atoms with van der Waals surface area (Å²) in [6, 6.07) is 3.33. The number of sulfonamides is 1. The van der Waals surface area contributed by atoms with Crippen LogP contribution in [-0.4, -0.2) is 42.4 Å². The normalized spacial score (nSPS) is 22.5. The molecule has 9 heteroatoms. The van der Waals surface area contributed by atoms with Crippen molar-refractivity contribution in [3.8, 4) is 0 Å². The Morgan fingerprint density at radius 2 is 2.04 bits per heavy atom. The van der Waals surface area contributed by atoms with E-state index < -0.39 is 10.0 Å². The molecule has 0 radical (unpaired) electrons. The van der Waals surface area contributed by atoms with E-state index in [-0.39, 0.29) is 6.04 Å². The van der Waals surface area contributed by atoms with E-state index in [9.17, 15) is 8.42 Å². The number of nitrogens with one attached hydrogen (secondary N) is 1. The summed E-state index contributed by atoms with van der Waals surface area (Å²) < 4.78 is 35.8. The average molecular weight is 383 g/mol. The minimum absolute atomic E-state index is 0.0728. The molecule has 4 heterocycles. The summed E-state index contributed by atoms with van der Waals surface area (Å²) >= 11 is 1.24. The first-order chi connectivity index (χ1) is 12.1. The van der Waals surface area contributed by atoms with Crippen LogP contribution < -0.4 is 4.72 Å². The van der Waals surface area contributed by atoms with Crippen LogP contribution in [-0.2, 0) is 27.7 Å². The van der Waals surface area contributed by atoms with Crippen molar-refractivity contribution >= 4 is 21.4 Å². The molecule has 0 spiro atoms. The lowest BCUT2D eigenvalue weighted by Crippen LogP contribution is -2.34. The molecule has 1 atom stereocenters. The monoisotopic (exact) mass is 382 g/mol. The first-order valence-corrected chi connectivity index (χ1v) is 11.1. The zero-order valence-electron chi connectivity index (χ0n) is 13.9. The second kappa shape index (κ2) is 7.14. The summed E-state index contributed by atoms with van der Waals surface area (Å²) in [5, 5.41) is 10.6. The number of nitrogens with zero attached hydrogens (tertiary/aromatic N) is 3. The molecule has 0 saturated carbocycles. The fourth-order valence-electron chi connectivity index (χ4n) is 3.58. The van der Waals surface area contributed by atoms with Gasteiger partial charge in [0, 0.05) is 38.1 Å². The topological polar surface area (TPSA) is 86.1 Å². The highest BCUT2D eigenvalue weighted by molar-refractivity contribution is 7.91. The van der Waals surface area contributed by atoms with Gasteiger partial charge in [0.15, 0.2) is 0 Å². The number of rotatable bonds is 4. The van der Waals surface area contributed by atoms with Gasteiger partial charge < -0.3 is 9.30 Å². The Morgan fingerprint density at radius 3 is 2.80 bits per heavy atom. The smallest absolute Gasteiger partial charge is 0.250 e. The third kappa shape index (κ3) is 3.64. The lowest BCUT2D eigenvalue weighted by molar-refractivity contribution is 0.0827. The molecule has 0 aromatic carbocycles. The molecule has 2 aliphatic rings. The van der Waals surface area contributed by atoms with Gasteiger partial charge in [0.1, 0.15) is 15.9 Å². The fourth-order valence-corrected chi connectivity index (χ4v) is 5.89. The SMILES string of the molecule is O=S(=O)(NC1CCc2nnc(C3CCOCC3)n2CC1)c1cccs1. The molecular formula is C16H22N4O3S2. The van der Waals surface area contributed by atoms with Crippen LogP contribution in [0.5, 0.6) is 0 Å². The van der Waals surface area contributed by atoms with E-state index >= 15 is 0 Å². The Bertz CT molecular complexity index is 811. The molecule has 2 aromatic rings. The van der Waals surface area contributed by atoms with E-state index in [0.717, 1.165) is 63.5 Å². The standard InChI is InChI=1S/C16H22N4O3S2/c21-25(22,15-2-1-11-24-15)19-13-3-4-14-17-18-16(20(14)8-5-13)12-6-9-23-10-7-12/h1-2,11-13,19H,3-10H2. The first kappa shape index (κ1) is 17.1. The second-order valence-electron chi connectivity index (χ2n) is 6.59. The zero-order valence-corrected chi connectivity index (χ0v) is 15.6. The number of ether oxygens (including phenoxy) is 1. The fraction of sp³-hybridized carbons (Fsp3) is 0.625. The van der Waals surface area contributed by atoms with E-state index in [2.05, 4.69) is 19.5 Å². The number of aryl methyl sites for hydroxylation is 1. The Morgan fingerprint density at radius 1 is 1.20 bits per heavy atom. The number of hydrogen-bond donors (Lipinski definition) is 1. The molecule has 1 N–H and O–H groups in total. The summed E-state index contributed by atoms with van der Waals surface area (Å²) in [7, 11) is -3.43. The van der Waals surface area contributed by atoms with E-state index in [0.29, 0.717) is 10.1 Å². The minimum atomic E-state index is -3.43. The number of fused-ring (bicyclic) bond motifs is 1. The molecule has 4 rings (SSSR count). The average Bonchev–Trinajstić information content (AvgIpc) is 3.25. The van der Waals surface area contributed by atoms with Crippen LogP contribution in [0.1, 0.15) is 43.3 Å². The van der Waals surface area contributed by atoms with Crippen molar-refractivity contribution in [2.75, 3.05) is 13.2 Å². The van der Waals surface area contributed by atoms with E-state index in [1.807, 2.05) is 0 Å². The van der Waals surface area contributed by atoms with Crippen LogP contribution >= 0.6 is 11.3 Å². The molecule has 136 valence electrons. The maximum Gasteiger partial charge on any atom is 0.250 e. The van der Waals surface area contributed by atoms with Gasteiger partial charge >= 0.3 is 0 Å². The summed E-state index contributed by atoms with van der Waals surface area (Å²) in [5.41, 5.74) is 0. The predicted octanol–water partition coefficient (Wildman–Crippen LogP) is 1.92. The van der Waals surface area contributed by atoms with Crippen molar-refractivity contribution < 1.29 is 13.2 Å². The summed E-state index contributed by atoms with van der Waals surface area (Å²) in [4.78, 5) is 0. The lowest BCUT2D eigenvalue weighted by atomic mass is 9.99. The van der Waals surface area contributed by atoms with Gasteiger partial charge in [-0.1, -0.05) is 6.07 Å². The molecule has 1 unspecified atom stereocenters. The number of aromatic nitrogens is 3. The van der Waals surface area contributed by atoms with Crippen molar-refractivity contribution in [1.29, 1.82) is 0 Å². The van der Waals surface area contributed by atoms with Crippen LogP contribution in [0.2, 0.25) is 0 Å². The van der Waals surface area contributed by atoms with Gasteiger partial charge in [-0.3, -0.25) is 0 Å². The summed E-state index contributed by atoms with van der Waals surface area (Å²) in [6.45, 7) is 2.30. The zero-order chi connectivity index (χ0) is 17.3. The van der Waals surface area contributed by atoms with Gasteiger partial charge in [0.05, 0.1) is 0 Å². The van der Waals surface area contributed by atoms with Crippen molar-refractivity contribution in [3.63, 3.8) is 0 Å². The Balaban J connectivity index is 1.46. The first-order valence-electron chi connectivity index (χ1n) is 8.69. The Hall–Kier alpha value is -1.29. The van der Waals surface area contributed by atoms with E-state index in [1.54, 1.807) is 17.5 Å². The quantitative estimate of drug-likeness (QED) is 0.873.